The van der Waals surface area contributed by atoms with Crippen LogP contribution in [0.15, 0.2) is 21.2 Å². The first-order valence-electron chi connectivity index (χ1n) is 5.71. The number of carbonyl (C=O) groups is 1. The molecule has 1 atom stereocenters. The molecular formula is C12H19BrN2O2. The van der Waals surface area contributed by atoms with Gasteiger partial charge in [-0.25, -0.2) is 0 Å². The Bertz CT molecular complexity index is 365. The van der Waals surface area contributed by atoms with E-state index >= 15 is 0 Å². The van der Waals surface area contributed by atoms with Crippen molar-refractivity contribution in [2.45, 2.75) is 26.3 Å². The molecule has 0 spiro atoms. The van der Waals surface area contributed by atoms with Gasteiger partial charge in [-0.1, -0.05) is 6.92 Å². The molecule has 1 unspecified atom stereocenters. The lowest BCUT2D eigenvalue weighted by Crippen LogP contribution is -2.26. The number of nitrogens with two attached hydrogens (primary N) is 1. The Labute approximate surface area is 110 Å². The van der Waals surface area contributed by atoms with Crippen LogP contribution in [-0.4, -0.2) is 24.4 Å². The highest BCUT2D eigenvalue weighted by atomic mass is 79.9. The molecule has 1 heterocycles. The van der Waals surface area contributed by atoms with E-state index < -0.39 is 0 Å². The minimum Gasteiger partial charge on any atom is -0.452 e. The zero-order valence-corrected chi connectivity index (χ0v) is 11.9. The van der Waals surface area contributed by atoms with Crippen molar-refractivity contribution in [3.63, 3.8) is 0 Å². The predicted octanol–water partition coefficient (Wildman–Crippen LogP) is 2.38. The lowest BCUT2D eigenvalue weighted by Gasteiger charge is -2.16. The molecule has 4 nitrogen and oxygen atoms in total. The summed E-state index contributed by atoms with van der Waals surface area (Å²) in [4.78, 5) is 13.5. The predicted molar refractivity (Wildman–Crippen MR) is 70.3 cm³/mol. The van der Waals surface area contributed by atoms with Crippen LogP contribution in [0.4, 0.5) is 0 Å². The van der Waals surface area contributed by atoms with Crippen molar-refractivity contribution in [3.05, 3.63) is 22.6 Å². The SMILES string of the molecule is CC(CN)CCC(=O)N(C)Cc1ccc(Br)o1. The van der Waals surface area contributed by atoms with E-state index in [1.54, 1.807) is 11.9 Å². The van der Waals surface area contributed by atoms with E-state index in [4.69, 9.17) is 10.2 Å². The molecule has 0 aromatic carbocycles. The maximum Gasteiger partial charge on any atom is 0.222 e. The van der Waals surface area contributed by atoms with Crippen molar-refractivity contribution in [1.82, 2.24) is 4.90 Å². The van der Waals surface area contributed by atoms with Gasteiger partial charge in [0.2, 0.25) is 5.91 Å². The van der Waals surface area contributed by atoms with E-state index in [1.807, 2.05) is 12.1 Å². The summed E-state index contributed by atoms with van der Waals surface area (Å²) in [7, 11) is 1.78. The van der Waals surface area contributed by atoms with E-state index in [9.17, 15) is 4.79 Å². The van der Waals surface area contributed by atoms with Gasteiger partial charge in [0.25, 0.3) is 0 Å². The molecule has 0 bridgehead atoms. The third-order valence-corrected chi connectivity index (χ3v) is 3.13. The Balaban J connectivity index is 2.36. The third kappa shape index (κ3) is 4.91. The molecule has 1 aromatic rings. The quantitative estimate of drug-likeness (QED) is 0.877. The molecule has 1 amide bonds. The van der Waals surface area contributed by atoms with Gasteiger partial charge in [0.15, 0.2) is 4.67 Å². The average Bonchev–Trinajstić information content (AvgIpc) is 2.70. The van der Waals surface area contributed by atoms with Crippen LogP contribution in [0.25, 0.3) is 0 Å². The summed E-state index contributed by atoms with van der Waals surface area (Å²) >= 11 is 3.23. The largest absolute Gasteiger partial charge is 0.452 e. The molecule has 17 heavy (non-hydrogen) atoms. The number of amides is 1. The van der Waals surface area contributed by atoms with Gasteiger partial charge >= 0.3 is 0 Å². The molecule has 0 saturated heterocycles. The number of nitrogens with zero attached hydrogens (tertiary/aromatic N) is 1. The summed E-state index contributed by atoms with van der Waals surface area (Å²) in [5, 5.41) is 0. The highest BCUT2D eigenvalue weighted by molar-refractivity contribution is 9.10. The van der Waals surface area contributed by atoms with Crippen LogP contribution in [-0.2, 0) is 11.3 Å². The van der Waals surface area contributed by atoms with Crippen molar-refractivity contribution >= 4 is 21.8 Å². The number of hydrogen-bond donors (Lipinski definition) is 1. The normalized spacial score (nSPS) is 12.5. The van der Waals surface area contributed by atoms with Crippen LogP contribution in [0.2, 0.25) is 0 Å². The van der Waals surface area contributed by atoms with Crippen LogP contribution in [0, 0.1) is 5.92 Å². The summed E-state index contributed by atoms with van der Waals surface area (Å²) in [6, 6.07) is 3.68. The molecule has 0 fully saturated rings. The van der Waals surface area contributed by atoms with Gasteiger partial charge in [-0.2, -0.15) is 0 Å². The molecule has 0 aliphatic rings. The Hall–Kier alpha value is -0.810. The smallest absolute Gasteiger partial charge is 0.222 e. The van der Waals surface area contributed by atoms with Gasteiger partial charge in [-0.15, -0.1) is 0 Å². The monoisotopic (exact) mass is 302 g/mol. The summed E-state index contributed by atoms with van der Waals surface area (Å²) in [5.41, 5.74) is 5.52. The van der Waals surface area contributed by atoms with Crippen LogP contribution < -0.4 is 5.73 Å². The lowest BCUT2D eigenvalue weighted by atomic mass is 10.1. The minimum absolute atomic E-state index is 0.123. The second kappa shape index (κ2) is 6.81. The first-order valence-corrected chi connectivity index (χ1v) is 6.50. The van der Waals surface area contributed by atoms with Gasteiger partial charge < -0.3 is 15.1 Å². The van der Waals surface area contributed by atoms with Gasteiger partial charge in [-0.3, -0.25) is 4.79 Å². The summed E-state index contributed by atoms with van der Waals surface area (Å²) in [5.74, 6) is 1.29. The molecule has 0 aliphatic carbocycles. The maximum atomic E-state index is 11.8. The molecule has 1 aromatic heterocycles. The molecule has 1 rings (SSSR count). The van der Waals surface area contributed by atoms with Gasteiger partial charge in [0.1, 0.15) is 5.76 Å². The first kappa shape index (κ1) is 14.3. The molecule has 0 radical (unpaired) electrons. The second-order valence-corrected chi connectivity index (χ2v) is 5.12. The number of furan rings is 1. The highest BCUT2D eigenvalue weighted by Crippen LogP contribution is 2.16. The average molecular weight is 303 g/mol. The number of rotatable bonds is 6. The Morgan fingerprint density at radius 1 is 1.59 bits per heavy atom. The third-order valence-electron chi connectivity index (χ3n) is 2.70. The molecular weight excluding hydrogens is 284 g/mol. The van der Waals surface area contributed by atoms with Crippen molar-refractivity contribution < 1.29 is 9.21 Å². The highest BCUT2D eigenvalue weighted by Gasteiger charge is 2.12. The van der Waals surface area contributed by atoms with E-state index in [2.05, 4.69) is 22.9 Å². The van der Waals surface area contributed by atoms with Crippen molar-refractivity contribution in [2.24, 2.45) is 11.7 Å². The van der Waals surface area contributed by atoms with Crippen molar-refractivity contribution in [3.8, 4) is 0 Å². The maximum absolute atomic E-state index is 11.8. The number of halogens is 1. The molecule has 2 N–H and O–H groups in total. The Morgan fingerprint density at radius 3 is 2.82 bits per heavy atom. The molecule has 0 saturated carbocycles. The minimum atomic E-state index is 0.123. The zero-order valence-electron chi connectivity index (χ0n) is 10.3. The summed E-state index contributed by atoms with van der Waals surface area (Å²) in [6.07, 6.45) is 1.37. The fraction of sp³-hybridized carbons (Fsp3) is 0.583. The van der Waals surface area contributed by atoms with Crippen molar-refractivity contribution in [2.75, 3.05) is 13.6 Å². The van der Waals surface area contributed by atoms with E-state index in [0.717, 1.165) is 12.2 Å². The molecule has 5 heteroatoms. The summed E-state index contributed by atoms with van der Waals surface area (Å²) in [6.45, 7) is 3.18. The van der Waals surface area contributed by atoms with Gasteiger partial charge in [0, 0.05) is 13.5 Å². The fourth-order valence-corrected chi connectivity index (χ4v) is 1.78. The van der Waals surface area contributed by atoms with Crippen molar-refractivity contribution in [1.29, 1.82) is 0 Å². The molecule has 0 aliphatic heterocycles. The second-order valence-electron chi connectivity index (χ2n) is 4.34. The van der Waals surface area contributed by atoms with E-state index in [0.29, 0.717) is 30.1 Å². The van der Waals surface area contributed by atoms with E-state index in [1.165, 1.54) is 0 Å². The lowest BCUT2D eigenvalue weighted by molar-refractivity contribution is -0.130. The van der Waals surface area contributed by atoms with Gasteiger partial charge in [-0.05, 0) is 46.9 Å². The summed E-state index contributed by atoms with van der Waals surface area (Å²) < 4.78 is 6.04. The Kier molecular flexibility index (Phi) is 5.71. The topological polar surface area (TPSA) is 59.5 Å². The number of hydrogen-bond acceptors (Lipinski definition) is 3. The standard InChI is InChI=1S/C12H19BrN2O2/c1-9(7-14)3-6-12(16)15(2)8-10-4-5-11(13)17-10/h4-5,9H,3,6-8,14H2,1-2H3. The molecule has 96 valence electrons. The Morgan fingerprint density at radius 2 is 2.29 bits per heavy atom. The number of carbonyl (C=O) groups excluding carboxylic acids is 1. The zero-order chi connectivity index (χ0) is 12.8. The van der Waals surface area contributed by atoms with E-state index in [-0.39, 0.29) is 5.91 Å². The fourth-order valence-electron chi connectivity index (χ4n) is 1.44. The van der Waals surface area contributed by atoms with Crippen LogP contribution in [0.3, 0.4) is 0 Å². The van der Waals surface area contributed by atoms with Crippen LogP contribution in [0.1, 0.15) is 25.5 Å². The first-order chi connectivity index (χ1) is 8.02. The van der Waals surface area contributed by atoms with Gasteiger partial charge in [0.05, 0.1) is 6.54 Å². The van der Waals surface area contributed by atoms with Crippen LogP contribution in [0.5, 0.6) is 0 Å². The van der Waals surface area contributed by atoms with Crippen LogP contribution >= 0.6 is 15.9 Å².